The summed E-state index contributed by atoms with van der Waals surface area (Å²) in [6, 6.07) is 14.2. The minimum Gasteiger partial charge on any atom is -0.369 e. The van der Waals surface area contributed by atoms with Crippen molar-refractivity contribution in [2.75, 3.05) is 17.2 Å². The summed E-state index contributed by atoms with van der Waals surface area (Å²) in [4.78, 5) is 16.6. The largest absolute Gasteiger partial charge is 0.369 e. The van der Waals surface area contributed by atoms with Gasteiger partial charge in [0.25, 0.3) is 0 Å². The van der Waals surface area contributed by atoms with Gasteiger partial charge in [-0.3, -0.25) is 4.98 Å². The van der Waals surface area contributed by atoms with Gasteiger partial charge in [-0.15, -0.1) is 0 Å². The highest BCUT2D eigenvalue weighted by Gasteiger charge is 2.07. The van der Waals surface area contributed by atoms with Crippen LogP contribution >= 0.6 is 15.9 Å². The van der Waals surface area contributed by atoms with Gasteiger partial charge in [-0.1, -0.05) is 6.07 Å². The molecule has 3 aromatic heterocycles. The van der Waals surface area contributed by atoms with Gasteiger partial charge in [-0.25, -0.2) is 4.98 Å². The first kappa shape index (κ1) is 17.5. The van der Waals surface area contributed by atoms with Gasteiger partial charge in [0.15, 0.2) is 0 Å². The Morgan fingerprint density at radius 3 is 2.89 bits per heavy atom. The number of anilines is 3. The molecule has 0 saturated carbocycles. The van der Waals surface area contributed by atoms with Crippen LogP contribution in [-0.2, 0) is 6.42 Å². The molecule has 0 aliphatic carbocycles. The third kappa shape index (κ3) is 4.25. The fraction of sp³-hybridized carbons (Fsp3) is 0.150. The summed E-state index contributed by atoms with van der Waals surface area (Å²) >= 11 is 3.50. The van der Waals surface area contributed by atoms with Crippen LogP contribution in [0.25, 0.3) is 10.9 Å². The molecular formula is C20H19BrN6. The van der Waals surface area contributed by atoms with Crippen LogP contribution in [0.15, 0.2) is 59.3 Å². The molecule has 4 aromatic rings. The van der Waals surface area contributed by atoms with Gasteiger partial charge in [0.05, 0.1) is 4.47 Å². The molecule has 0 radical (unpaired) electrons. The van der Waals surface area contributed by atoms with E-state index in [2.05, 4.69) is 64.7 Å². The zero-order chi connectivity index (χ0) is 18.6. The molecule has 7 heteroatoms. The molecule has 0 bridgehead atoms. The monoisotopic (exact) mass is 422 g/mol. The molecule has 0 amide bonds. The van der Waals surface area contributed by atoms with Crippen molar-refractivity contribution in [3.05, 3.63) is 70.7 Å². The average molecular weight is 423 g/mol. The molecular weight excluding hydrogens is 404 g/mol. The Hall–Kier alpha value is -2.93. The molecule has 3 N–H and O–H groups in total. The Labute approximate surface area is 165 Å². The van der Waals surface area contributed by atoms with E-state index in [0.717, 1.165) is 51.2 Å². The minimum absolute atomic E-state index is 0.546. The van der Waals surface area contributed by atoms with E-state index in [1.165, 1.54) is 0 Å². The SMILES string of the molecule is Cc1cc2cc(Nc3ncc(Br)c(NCCc4ccccn4)n3)ccc2[nH]1. The number of nitrogens with zero attached hydrogens (tertiary/aromatic N) is 3. The summed E-state index contributed by atoms with van der Waals surface area (Å²) in [5.41, 5.74) is 4.25. The smallest absolute Gasteiger partial charge is 0.229 e. The van der Waals surface area contributed by atoms with E-state index >= 15 is 0 Å². The number of benzene rings is 1. The van der Waals surface area contributed by atoms with Crippen molar-refractivity contribution in [3.8, 4) is 0 Å². The molecule has 6 nitrogen and oxygen atoms in total. The molecule has 0 aliphatic rings. The first-order valence-electron chi connectivity index (χ1n) is 8.70. The highest BCUT2D eigenvalue weighted by Crippen LogP contribution is 2.24. The Morgan fingerprint density at radius 2 is 2.04 bits per heavy atom. The Morgan fingerprint density at radius 1 is 1.11 bits per heavy atom. The predicted octanol–water partition coefficient (Wildman–Crippen LogP) is 4.82. The standard InChI is InChI=1S/C20H19BrN6/c1-13-10-14-11-16(5-6-18(14)25-13)26-20-24-12-17(21)19(27-20)23-9-7-15-4-2-3-8-22-15/h2-6,8,10-12,25H,7,9H2,1H3,(H2,23,24,26,27). The molecule has 0 spiro atoms. The van der Waals surface area contributed by atoms with Crippen molar-refractivity contribution in [2.45, 2.75) is 13.3 Å². The molecule has 0 unspecified atom stereocenters. The zero-order valence-electron chi connectivity index (χ0n) is 14.8. The number of hydrogen-bond donors (Lipinski definition) is 3. The summed E-state index contributed by atoms with van der Waals surface area (Å²) in [6.45, 7) is 2.79. The van der Waals surface area contributed by atoms with E-state index in [1.807, 2.05) is 31.2 Å². The van der Waals surface area contributed by atoms with Gasteiger partial charge >= 0.3 is 0 Å². The van der Waals surface area contributed by atoms with Crippen LogP contribution in [0.4, 0.5) is 17.5 Å². The van der Waals surface area contributed by atoms with Crippen molar-refractivity contribution in [2.24, 2.45) is 0 Å². The highest BCUT2D eigenvalue weighted by molar-refractivity contribution is 9.10. The Balaban J connectivity index is 1.45. The molecule has 4 rings (SSSR count). The second-order valence-corrected chi connectivity index (χ2v) is 7.12. The maximum atomic E-state index is 4.58. The van der Waals surface area contributed by atoms with Crippen molar-refractivity contribution >= 4 is 44.3 Å². The number of aryl methyl sites for hydroxylation is 1. The first-order chi connectivity index (χ1) is 13.2. The minimum atomic E-state index is 0.546. The summed E-state index contributed by atoms with van der Waals surface area (Å²) in [5, 5.41) is 7.77. The predicted molar refractivity (Wildman–Crippen MR) is 112 cm³/mol. The lowest BCUT2D eigenvalue weighted by Crippen LogP contribution is -2.09. The van der Waals surface area contributed by atoms with Crippen molar-refractivity contribution in [3.63, 3.8) is 0 Å². The number of hydrogen-bond acceptors (Lipinski definition) is 5. The van der Waals surface area contributed by atoms with Crippen molar-refractivity contribution in [1.29, 1.82) is 0 Å². The third-order valence-corrected chi connectivity index (χ3v) is 4.74. The highest BCUT2D eigenvalue weighted by atomic mass is 79.9. The maximum absolute atomic E-state index is 4.58. The summed E-state index contributed by atoms with van der Waals surface area (Å²) in [7, 11) is 0. The van der Waals surface area contributed by atoms with Gasteiger partial charge < -0.3 is 15.6 Å². The average Bonchev–Trinajstić information content (AvgIpc) is 3.04. The quantitative estimate of drug-likeness (QED) is 0.414. The number of halogens is 1. The fourth-order valence-electron chi connectivity index (χ4n) is 2.89. The van der Waals surface area contributed by atoms with E-state index in [0.29, 0.717) is 5.95 Å². The van der Waals surface area contributed by atoms with Gasteiger partial charge in [-0.2, -0.15) is 4.98 Å². The summed E-state index contributed by atoms with van der Waals surface area (Å²) in [6.07, 6.45) is 4.38. The van der Waals surface area contributed by atoms with Gasteiger partial charge in [0.2, 0.25) is 5.95 Å². The molecule has 0 fully saturated rings. The van der Waals surface area contributed by atoms with E-state index in [4.69, 9.17) is 0 Å². The van der Waals surface area contributed by atoms with Gasteiger partial charge in [-0.05, 0) is 59.3 Å². The van der Waals surface area contributed by atoms with E-state index in [-0.39, 0.29) is 0 Å². The lowest BCUT2D eigenvalue weighted by atomic mass is 10.2. The van der Waals surface area contributed by atoms with E-state index in [9.17, 15) is 0 Å². The second-order valence-electron chi connectivity index (χ2n) is 6.27. The molecule has 0 aliphatic heterocycles. The van der Waals surface area contributed by atoms with Crippen molar-refractivity contribution < 1.29 is 0 Å². The lowest BCUT2D eigenvalue weighted by molar-refractivity contribution is 0.949. The number of pyridine rings is 1. The Kier molecular flexibility index (Phi) is 5.02. The van der Waals surface area contributed by atoms with E-state index < -0.39 is 0 Å². The van der Waals surface area contributed by atoms with Crippen LogP contribution in [0, 0.1) is 6.92 Å². The van der Waals surface area contributed by atoms with Gasteiger partial charge in [0, 0.05) is 53.3 Å². The fourth-order valence-corrected chi connectivity index (χ4v) is 3.22. The van der Waals surface area contributed by atoms with Crippen LogP contribution in [0.3, 0.4) is 0 Å². The zero-order valence-corrected chi connectivity index (χ0v) is 16.4. The number of rotatable bonds is 6. The van der Waals surface area contributed by atoms with Crippen LogP contribution in [0.1, 0.15) is 11.4 Å². The van der Waals surface area contributed by atoms with Crippen LogP contribution < -0.4 is 10.6 Å². The number of fused-ring (bicyclic) bond motifs is 1. The summed E-state index contributed by atoms with van der Waals surface area (Å²) < 4.78 is 0.825. The number of nitrogens with one attached hydrogen (secondary N) is 3. The lowest BCUT2D eigenvalue weighted by Gasteiger charge is -2.10. The number of H-pyrrole nitrogens is 1. The molecule has 0 saturated heterocycles. The molecule has 3 heterocycles. The maximum Gasteiger partial charge on any atom is 0.229 e. The van der Waals surface area contributed by atoms with Crippen LogP contribution in [0.2, 0.25) is 0 Å². The molecule has 136 valence electrons. The van der Waals surface area contributed by atoms with Gasteiger partial charge in [0.1, 0.15) is 5.82 Å². The first-order valence-corrected chi connectivity index (χ1v) is 9.49. The topological polar surface area (TPSA) is 78.5 Å². The molecule has 1 aromatic carbocycles. The Bertz CT molecular complexity index is 1060. The number of aromatic nitrogens is 4. The van der Waals surface area contributed by atoms with Crippen LogP contribution in [-0.4, -0.2) is 26.5 Å². The van der Waals surface area contributed by atoms with Crippen LogP contribution in [0.5, 0.6) is 0 Å². The third-order valence-electron chi connectivity index (χ3n) is 4.16. The second kappa shape index (κ2) is 7.75. The summed E-state index contributed by atoms with van der Waals surface area (Å²) in [5.74, 6) is 1.30. The molecule has 27 heavy (non-hydrogen) atoms. The normalized spacial score (nSPS) is 10.9. The van der Waals surface area contributed by atoms with E-state index in [1.54, 1.807) is 12.4 Å². The van der Waals surface area contributed by atoms with Crippen molar-refractivity contribution in [1.82, 2.24) is 19.9 Å². The molecule has 0 atom stereocenters. The number of aromatic amines is 1.